The second kappa shape index (κ2) is 7.07. The highest BCUT2D eigenvalue weighted by Crippen LogP contribution is 2.10. The monoisotopic (exact) mass is 264 g/mol. The lowest BCUT2D eigenvalue weighted by atomic mass is 10.1. The third kappa shape index (κ3) is 6.18. The number of hydrogen-bond acceptors (Lipinski definition) is 4. The van der Waals surface area contributed by atoms with Crippen LogP contribution in [0.5, 0.6) is 0 Å². The largest absolute Gasteiger partial charge is 0.364 e. The molecule has 0 spiro atoms. The zero-order valence-corrected chi connectivity index (χ0v) is 12.3. The maximum absolute atomic E-state index is 11.8. The van der Waals surface area contributed by atoms with Crippen LogP contribution in [0.15, 0.2) is 12.1 Å². The van der Waals surface area contributed by atoms with Crippen molar-refractivity contribution < 1.29 is 4.79 Å². The van der Waals surface area contributed by atoms with Gasteiger partial charge in [-0.3, -0.25) is 4.79 Å². The Labute approximate surface area is 115 Å². The van der Waals surface area contributed by atoms with Crippen LogP contribution in [0.4, 0.5) is 5.82 Å². The van der Waals surface area contributed by atoms with E-state index in [1.807, 2.05) is 20.8 Å². The van der Waals surface area contributed by atoms with Crippen molar-refractivity contribution >= 4 is 11.7 Å². The first-order valence-electron chi connectivity index (χ1n) is 6.82. The molecule has 1 aromatic heterocycles. The van der Waals surface area contributed by atoms with Gasteiger partial charge in [0.1, 0.15) is 5.82 Å². The molecule has 5 nitrogen and oxygen atoms in total. The van der Waals surface area contributed by atoms with Gasteiger partial charge in [-0.2, -0.15) is 0 Å². The van der Waals surface area contributed by atoms with Gasteiger partial charge in [-0.05, 0) is 39.3 Å². The van der Waals surface area contributed by atoms with Crippen LogP contribution in [0.2, 0.25) is 0 Å². The summed E-state index contributed by atoms with van der Waals surface area (Å²) >= 11 is 0. The molecule has 1 rings (SSSR count). The Hall–Kier alpha value is -1.65. The summed E-state index contributed by atoms with van der Waals surface area (Å²) in [5.74, 6) is 0.515. The lowest BCUT2D eigenvalue weighted by molar-refractivity contribution is 0.0947. The minimum atomic E-state index is -0.161. The normalized spacial score (nSPS) is 11.2. The molecule has 0 aliphatic heterocycles. The van der Waals surface area contributed by atoms with Gasteiger partial charge in [0.05, 0.1) is 0 Å². The van der Waals surface area contributed by atoms with Gasteiger partial charge >= 0.3 is 0 Å². The Bertz CT molecular complexity index is 395. The van der Waals surface area contributed by atoms with Gasteiger partial charge in [-0.1, -0.05) is 19.8 Å². The predicted octanol–water partition coefficient (Wildman–Crippen LogP) is 2.61. The molecule has 19 heavy (non-hydrogen) atoms. The first-order chi connectivity index (χ1) is 8.92. The van der Waals surface area contributed by atoms with E-state index >= 15 is 0 Å². The number of nitrogens with zero attached hydrogens (tertiary/aromatic N) is 2. The van der Waals surface area contributed by atoms with Crippen molar-refractivity contribution in [2.45, 2.75) is 52.5 Å². The van der Waals surface area contributed by atoms with E-state index in [9.17, 15) is 4.79 Å². The van der Waals surface area contributed by atoms with Crippen molar-refractivity contribution in [3.63, 3.8) is 0 Å². The number of anilines is 1. The molecule has 1 heterocycles. The fourth-order valence-electron chi connectivity index (χ4n) is 1.57. The van der Waals surface area contributed by atoms with Gasteiger partial charge in [0.2, 0.25) is 0 Å². The summed E-state index contributed by atoms with van der Waals surface area (Å²) < 4.78 is 0. The van der Waals surface area contributed by atoms with Crippen LogP contribution in [0.25, 0.3) is 0 Å². The maximum atomic E-state index is 11.8. The van der Waals surface area contributed by atoms with Gasteiger partial charge in [0, 0.05) is 12.1 Å². The first-order valence-corrected chi connectivity index (χ1v) is 6.82. The topological polar surface area (TPSA) is 66.9 Å². The van der Waals surface area contributed by atoms with Crippen molar-refractivity contribution in [3.8, 4) is 0 Å². The number of carbonyl (C=O) groups is 1. The average Bonchev–Trinajstić information content (AvgIpc) is 2.33. The molecule has 0 atom stereocenters. The molecule has 2 N–H and O–H groups in total. The van der Waals surface area contributed by atoms with E-state index in [1.165, 1.54) is 0 Å². The van der Waals surface area contributed by atoms with E-state index in [1.54, 1.807) is 12.1 Å². The molecule has 0 aliphatic rings. The van der Waals surface area contributed by atoms with E-state index in [0.29, 0.717) is 18.1 Å². The number of hydrogen-bond donors (Lipinski definition) is 2. The molecule has 0 fully saturated rings. The summed E-state index contributed by atoms with van der Waals surface area (Å²) in [6.45, 7) is 8.96. The van der Waals surface area contributed by atoms with Crippen LogP contribution in [0, 0.1) is 0 Å². The van der Waals surface area contributed by atoms with Crippen molar-refractivity contribution in [2.75, 3.05) is 11.9 Å². The Kier molecular flexibility index (Phi) is 5.73. The Morgan fingerprint density at radius 2 is 1.95 bits per heavy atom. The molecule has 106 valence electrons. The number of unbranched alkanes of at least 4 members (excludes halogenated alkanes) is 2. The lowest BCUT2D eigenvalue weighted by Crippen LogP contribution is -2.28. The lowest BCUT2D eigenvalue weighted by Gasteiger charge is -2.20. The summed E-state index contributed by atoms with van der Waals surface area (Å²) in [7, 11) is 0. The van der Waals surface area contributed by atoms with Gasteiger partial charge in [-0.15, -0.1) is 10.2 Å². The Balaban J connectivity index is 2.49. The molecule has 1 aromatic rings. The van der Waals surface area contributed by atoms with Gasteiger partial charge < -0.3 is 10.6 Å². The summed E-state index contributed by atoms with van der Waals surface area (Å²) in [5, 5.41) is 14.0. The zero-order valence-electron chi connectivity index (χ0n) is 12.3. The molecule has 0 saturated heterocycles. The predicted molar refractivity (Wildman–Crippen MR) is 77.3 cm³/mol. The molecule has 5 heteroatoms. The van der Waals surface area contributed by atoms with Gasteiger partial charge in [0.25, 0.3) is 5.91 Å². The molecule has 0 unspecified atom stereocenters. The first kappa shape index (κ1) is 15.4. The van der Waals surface area contributed by atoms with Gasteiger partial charge in [-0.25, -0.2) is 0 Å². The summed E-state index contributed by atoms with van der Waals surface area (Å²) in [6, 6.07) is 3.47. The second-order valence-electron chi connectivity index (χ2n) is 5.64. The van der Waals surface area contributed by atoms with Crippen LogP contribution in [-0.2, 0) is 0 Å². The van der Waals surface area contributed by atoms with Crippen molar-refractivity contribution in [2.24, 2.45) is 0 Å². The molecule has 0 bridgehead atoms. The fourth-order valence-corrected chi connectivity index (χ4v) is 1.57. The van der Waals surface area contributed by atoms with Crippen LogP contribution in [-0.4, -0.2) is 28.2 Å². The Morgan fingerprint density at radius 3 is 2.47 bits per heavy atom. The van der Waals surface area contributed by atoms with Gasteiger partial charge in [0.15, 0.2) is 5.69 Å². The van der Waals surface area contributed by atoms with Crippen molar-refractivity contribution in [1.29, 1.82) is 0 Å². The molecule has 0 radical (unpaired) electrons. The number of aromatic nitrogens is 2. The van der Waals surface area contributed by atoms with Crippen LogP contribution in [0.1, 0.15) is 57.4 Å². The van der Waals surface area contributed by atoms with Crippen molar-refractivity contribution in [3.05, 3.63) is 17.8 Å². The molecular weight excluding hydrogens is 240 g/mol. The van der Waals surface area contributed by atoms with Crippen LogP contribution < -0.4 is 10.6 Å². The summed E-state index contributed by atoms with van der Waals surface area (Å²) in [6.07, 6.45) is 3.27. The standard InChI is InChI=1S/C14H24N4O/c1-5-6-7-10-15-13(19)11-8-9-12(18-17-11)16-14(2,3)4/h8-9H,5-7,10H2,1-4H3,(H,15,19)(H,16,18). The summed E-state index contributed by atoms with van der Waals surface area (Å²) in [4.78, 5) is 11.8. The van der Waals surface area contributed by atoms with E-state index in [-0.39, 0.29) is 11.4 Å². The Morgan fingerprint density at radius 1 is 1.21 bits per heavy atom. The molecule has 0 aromatic carbocycles. The fraction of sp³-hybridized carbons (Fsp3) is 0.643. The molecular formula is C14H24N4O. The number of amides is 1. The molecule has 0 saturated carbocycles. The number of nitrogens with one attached hydrogen (secondary N) is 2. The second-order valence-corrected chi connectivity index (χ2v) is 5.64. The highest BCUT2D eigenvalue weighted by Gasteiger charge is 2.12. The van der Waals surface area contributed by atoms with Crippen LogP contribution >= 0.6 is 0 Å². The van der Waals surface area contributed by atoms with E-state index in [0.717, 1.165) is 19.3 Å². The third-order valence-corrected chi connectivity index (χ3v) is 2.47. The molecule has 0 aliphatic carbocycles. The van der Waals surface area contributed by atoms with E-state index in [2.05, 4.69) is 27.8 Å². The number of rotatable bonds is 6. The minimum absolute atomic E-state index is 0.0708. The highest BCUT2D eigenvalue weighted by atomic mass is 16.1. The minimum Gasteiger partial charge on any atom is -0.364 e. The number of carbonyl (C=O) groups excluding carboxylic acids is 1. The smallest absolute Gasteiger partial charge is 0.271 e. The molecule has 1 amide bonds. The van der Waals surface area contributed by atoms with Crippen LogP contribution in [0.3, 0.4) is 0 Å². The van der Waals surface area contributed by atoms with Crippen molar-refractivity contribution in [1.82, 2.24) is 15.5 Å². The highest BCUT2D eigenvalue weighted by molar-refractivity contribution is 5.92. The average molecular weight is 264 g/mol. The quantitative estimate of drug-likeness (QED) is 0.775. The SMILES string of the molecule is CCCCCNC(=O)c1ccc(NC(C)(C)C)nn1. The van der Waals surface area contributed by atoms with E-state index < -0.39 is 0 Å². The zero-order chi connectivity index (χ0) is 14.3. The maximum Gasteiger partial charge on any atom is 0.271 e. The third-order valence-electron chi connectivity index (χ3n) is 2.47. The van der Waals surface area contributed by atoms with E-state index in [4.69, 9.17) is 0 Å². The summed E-state index contributed by atoms with van der Waals surface area (Å²) in [5.41, 5.74) is 0.287.